The molecular formula is C21H25ClIN5OS. The Bertz CT molecular complexity index is 931. The Morgan fingerprint density at radius 2 is 1.97 bits per heavy atom. The summed E-state index contributed by atoms with van der Waals surface area (Å²) in [5, 5.41) is 10.1. The van der Waals surface area contributed by atoms with E-state index in [1.165, 1.54) is 0 Å². The first-order valence-corrected chi connectivity index (χ1v) is 10.6. The average Bonchev–Trinajstić information content (AvgIpc) is 3.22. The van der Waals surface area contributed by atoms with Crippen molar-refractivity contribution in [1.29, 1.82) is 0 Å². The van der Waals surface area contributed by atoms with Crippen molar-refractivity contribution >= 4 is 52.9 Å². The number of nitrogens with one attached hydrogen (secondary N) is 2. The zero-order valence-electron chi connectivity index (χ0n) is 16.9. The third-order valence-electron chi connectivity index (χ3n) is 4.13. The van der Waals surface area contributed by atoms with E-state index in [4.69, 9.17) is 21.3 Å². The van der Waals surface area contributed by atoms with Crippen molar-refractivity contribution in [2.24, 2.45) is 4.99 Å². The van der Waals surface area contributed by atoms with Gasteiger partial charge in [-0.25, -0.2) is 15.0 Å². The number of nitrogens with zero attached hydrogens (tertiary/aromatic N) is 3. The van der Waals surface area contributed by atoms with E-state index in [1.54, 1.807) is 30.7 Å². The minimum absolute atomic E-state index is 0. The summed E-state index contributed by atoms with van der Waals surface area (Å²) >= 11 is 7.44. The Balaban J connectivity index is 0.00000320. The summed E-state index contributed by atoms with van der Waals surface area (Å²) in [6, 6.07) is 11.7. The molecule has 160 valence electrons. The van der Waals surface area contributed by atoms with E-state index < -0.39 is 0 Å². The first kappa shape index (κ1) is 24.4. The maximum atomic E-state index is 5.82. The molecule has 2 N–H and O–H groups in total. The lowest BCUT2D eigenvalue weighted by Crippen LogP contribution is -2.38. The maximum Gasteiger partial charge on any atom is 0.191 e. The SMILES string of the molecule is CCNC(=NCc1csc(-c2ccc(OC)cc2)n1)NCCc1ccc(Cl)nc1.I. The van der Waals surface area contributed by atoms with Crippen LogP contribution in [0.4, 0.5) is 0 Å². The fourth-order valence-corrected chi connectivity index (χ4v) is 3.56. The number of hydrogen-bond acceptors (Lipinski definition) is 5. The highest BCUT2D eigenvalue weighted by atomic mass is 127. The van der Waals surface area contributed by atoms with Gasteiger partial charge in [0.25, 0.3) is 0 Å². The molecule has 2 aromatic heterocycles. The van der Waals surface area contributed by atoms with Crippen LogP contribution in [0, 0.1) is 0 Å². The van der Waals surface area contributed by atoms with E-state index in [1.807, 2.05) is 42.6 Å². The van der Waals surface area contributed by atoms with E-state index in [0.29, 0.717) is 11.7 Å². The smallest absolute Gasteiger partial charge is 0.191 e. The van der Waals surface area contributed by atoms with Gasteiger partial charge in [0.2, 0.25) is 0 Å². The van der Waals surface area contributed by atoms with E-state index >= 15 is 0 Å². The summed E-state index contributed by atoms with van der Waals surface area (Å²) in [5.41, 5.74) is 3.15. The molecule has 30 heavy (non-hydrogen) atoms. The number of methoxy groups -OCH3 is 1. The minimum atomic E-state index is 0. The summed E-state index contributed by atoms with van der Waals surface area (Å²) < 4.78 is 5.21. The van der Waals surface area contributed by atoms with E-state index in [2.05, 4.69) is 20.6 Å². The van der Waals surface area contributed by atoms with Crippen LogP contribution in [0.3, 0.4) is 0 Å². The van der Waals surface area contributed by atoms with Gasteiger partial charge in [-0.15, -0.1) is 35.3 Å². The molecule has 0 radical (unpaired) electrons. The summed E-state index contributed by atoms with van der Waals surface area (Å²) in [7, 11) is 1.66. The topological polar surface area (TPSA) is 71.4 Å². The lowest BCUT2D eigenvalue weighted by atomic mass is 10.2. The molecule has 0 unspecified atom stereocenters. The molecule has 0 aliphatic heterocycles. The van der Waals surface area contributed by atoms with Crippen LogP contribution in [0.25, 0.3) is 10.6 Å². The normalized spacial score (nSPS) is 11.0. The molecule has 6 nitrogen and oxygen atoms in total. The molecule has 3 rings (SSSR count). The fourth-order valence-electron chi connectivity index (χ4n) is 2.63. The van der Waals surface area contributed by atoms with Gasteiger partial charge >= 0.3 is 0 Å². The van der Waals surface area contributed by atoms with E-state index in [0.717, 1.165) is 53.0 Å². The van der Waals surface area contributed by atoms with Gasteiger partial charge in [-0.1, -0.05) is 17.7 Å². The molecule has 0 fully saturated rings. The Hall–Kier alpha value is -1.91. The molecule has 0 aliphatic rings. The maximum absolute atomic E-state index is 5.82. The van der Waals surface area contributed by atoms with Crippen LogP contribution >= 0.6 is 46.9 Å². The second-order valence-corrected chi connectivity index (χ2v) is 7.48. The molecule has 1 aromatic carbocycles. The van der Waals surface area contributed by atoms with Crippen LogP contribution in [-0.2, 0) is 13.0 Å². The van der Waals surface area contributed by atoms with E-state index in [-0.39, 0.29) is 24.0 Å². The minimum Gasteiger partial charge on any atom is -0.497 e. The molecule has 0 saturated heterocycles. The third-order valence-corrected chi connectivity index (χ3v) is 5.29. The number of hydrogen-bond donors (Lipinski definition) is 2. The highest BCUT2D eigenvalue weighted by Crippen LogP contribution is 2.25. The predicted molar refractivity (Wildman–Crippen MR) is 135 cm³/mol. The number of ether oxygens (including phenoxy) is 1. The molecule has 0 spiro atoms. The van der Waals surface area contributed by atoms with Gasteiger partial charge in [0.1, 0.15) is 15.9 Å². The second-order valence-electron chi connectivity index (χ2n) is 6.23. The quantitative estimate of drug-likeness (QED) is 0.181. The summed E-state index contributed by atoms with van der Waals surface area (Å²) in [5.74, 6) is 1.61. The predicted octanol–water partition coefficient (Wildman–Crippen LogP) is 4.78. The van der Waals surface area contributed by atoms with Crippen molar-refractivity contribution in [3.8, 4) is 16.3 Å². The van der Waals surface area contributed by atoms with Gasteiger partial charge in [0.05, 0.1) is 19.3 Å². The summed E-state index contributed by atoms with van der Waals surface area (Å²) in [6.45, 7) is 4.11. The summed E-state index contributed by atoms with van der Waals surface area (Å²) in [4.78, 5) is 13.4. The van der Waals surface area contributed by atoms with Gasteiger partial charge in [-0.3, -0.25) is 0 Å². The van der Waals surface area contributed by atoms with Crippen molar-refractivity contribution in [2.75, 3.05) is 20.2 Å². The van der Waals surface area contributed by atoms with Crippen LogP contribution < -0.4 is 15.4 Å². The molecule has 0 amide bonds. The number of halogens is 2. The highest BCUT2D eigenvalue weighted by Gasteiger charge is 2.06. The summed E-state index contributed by atoms with van der Waals surface area (Å²) in [6.07, 6.45) is 2.64. The largest absolute Gasteiger partial charge is 0.497 e. The van der Waals surface area contributed by atoms with Crippen LogP contribution in [0.2, 0.25) is 5.15 Å². The number of aliphatic imine (C=N–C) groups is 1. The monoisotopic (exact) mass is 557 g/mol. The number of aromatic nitrogens is 2. The molecule has 9 heteroatoms. The Morgan fingerprint density at radius 3 is 2.63 bits per heavy atom. The van der Waals surface area contributed by atoms with Gasteiger partial charge in [-0.05, 0) is 49.2 Å². The number of thiazole rings is 1. The Kier molecular flexibility index (Phi) is 10.3. The number of benzene rings is 1. The van der Waals surface area contributed by atoms with Gasteiger partial charge in [-0.2, -0.15) is 0 Å². The van der Waals surface area contributed by atoms with Crippen LogP contribution in [0.15, 0.2) is 53.0 Å². The van der Waals surface area contributed by atoms with Crippen LogP contribution in [0.1, 0.15) is 18.2 Å². The first-order chi connectivity index (χ1) is 14.2. The van der Waals surface area contributed by atoms with Gasteiger partial charge in [0, 0.05) is 30.2 Å². The standard InChI is InChI=1S/C21H24ClN5OS.HI/c1-3-23-21(24-11-10-15-4-9-19(22)25-12-15)26-13-17-14-29-20(27-17)16-5-7-18(28-2)8-6-16;/h4-9,12,14H,3,10-11,13H2,1-2H3,(H2,23,24,26);1H. The zero-order valence-corrected chi connectivity index (χ0v) is 20.8. The Morgan fingerprint density at radius 1 is 1.17 bits per heavy atom. The number of guanidine groups is 1. The number of rotatable bonds is 8. The molecular weight excluding hydrogens is 533 g/mol. The molecule has 0 bridgehead atoms. The number of pyridine rings is 1. The van der Waals surface area contributed by atoms with Crippen molar-refractivity contribution in [3.05, 3.63) is 64.4 Å². The van der Waals surface area contributed by atoms with Crippen molar-refractivity contribution < 1.29 is 4.74 Å². The zero-order chi connectivity index (χ0) is 20.5. The molecule has 2 heterocycles. The van der Waals surface area contributed by atoms with Gasteiger partial charge < -0.3 is 15.4 Å². The molecule has 0 atom stereocenters. The fraction of sp³-hybridized carbons (Fsp3) is 0.286. The average molecular weight is 558 g/mol. The van der Waals surface area contributed by atoms with Crippen molar-refractivity contribution in [3.63, 3.8) is 0 Å². The van der Waals surface area contributed by atoms with Crippen LogP contribution in [-0.4, -0.2) is 36.1 Å². The lowest BCUT2D eigenvalue weighted by molar-refractivity contribution is 0.415. The lowest BCUT2D eigenvalue weighted by Gasteiger charge is -2.11. The van der Waals surface area contributed by atoms with E-state index in [9.17, 15) is 0 Å². The second kappa shape index (κ2) is 12.7. The molecule has 0 aliphatic carbocycles. The molecule has 3 aromatic rings. The Labute approximate surface area is 203 Å². The third kappa shape index (κ3) is 7.41. The van der Waals surface area contributed by atoms with Crippen molar-refractivity contribution in [2.45, 2.75) is 19.9 Å². The van der Waals surface area contributed by atoms with Crippen molar-refractivity contribution in [1.82, 2.24) is 20.6 Å². The highest BCUT2D eigenvalue weighted by molar-refractivity contribution is 14.0. The first-order valence-electron chi connectivity index (χ1n) is 9.39. The van der Waals surface area contributed by atoms with Crippen LogP contribution in [0.5, 0.6) is 5.75 Å². The molecule has 0 saturated carbocycles. The van der Waals surface area contributed by atoms with Gasteiger partial charge in [0.15, 0.2) is 5.96 Å².